The maximum Gasteiger partial charge on any atom is 0.197 e. The van der Waals surface area contributed by atoms with Crippen molar-refractivity contribution in [3.63, 3.8) is 0 Å². The normalized spacial score (nSPS) is 10.3. The first-order chi connectivity index (χ1) is 9.67. The van der Waals surface area contributed by atoms with Gasteiger partial charge in [-0.1, -0.05) is 47.1 Å². The van der Waals surface area contributed by atoms with Crippen LogP contribution >= 0.6 is 15.9 Å². The van der Waals surface area contributed by atoms with Crippen molar-refractivity contribution in [2.75, 3.05) is 6.61 Å². The van der Waals surface area contributed by atoms with Crippen molar-refractivity contribution < 1.29 is 9.53 Å². The number of carbonyl (C=O) groups excluding carboxylic acids is 1. The van der Waals surface area contributed by atoms with Gasteiger partial charge in [-0.25, -0.2) is 0 Å². The first kappa shape index (κ1) is 14.8. The summed E-state index contributed by atoms with van der Waals surface area (Å²) in [6.07, 6.45) is 0.833. The molecule has 0 radical (unpaired) electrons. The second kappa shape index (κ2) is 6.71. The van der Waals surface area contributed by atoms with E-state index in [1.165, 1.54) is 0 Å². The van der Waals surface area contributed by atoms with Crippen molar-refractivity contribution in [3.05, 3.63) is 63.6 Å². The van der Waals surface area contributed by atoms with E-state index in [1.54, 1.807) is 0 Å². The van der Waals surface area contributed by atoms with Crippen LogP contribution in [-0.2, 0) is 6.42 Å². The summed E-state index contributed by atoms with van der Waals surface area (Å²) in [5, 5.41) is 0. The zero-order valence-electron chi connectivity index (χ0n) is 11.7. The Morgan fingerprint density at radius 1 is 1.10 bits per heavy atom. The molecule has 0 heterocycles. The van der Waals surface area contributed by atoms with E-state index in [0.717, 1.165) is 22.0 Å². The number of hydrogen-bond donors (Lipinski definition) is 0. The average Bonchev–Trinajstić information content (AvgIpc) is 2.48. The molecule has 0 bridgehead atoms. The Hall–Kier alpha value is -1.61. The molecule has 0 spiro atoms. The standard InChI is InChI=1S/C17H17BrO2/c1-3-12-7-5-6-8-14(12)17(19)15-11-13(18)9-10-16(15)20-4-2/h5-11H,3-4H2,1-2H3. The van der Waals surface area contributed by atoms with Gasteiger partial charge in [0.05, 0.1) is 12.2 Å². The van der Waals surface area contributed by atoms with Crippen molar-refractivity contribution in [2.24, 2.45) is 0 Å². The molecule has 2 aromatic carbocycles. The molecule has 0 amide bonds. The Morgan fingerprint density at radius 3 is 2.55 bits per heavy atom. The Morgan fingerprint density at radius 2 is 1.85 bits per heavy atom. The van der Waals surface area contributed by atoms with E-state index in [0.29, 0.717) is 17.9 Å². The number of hydrogen-bond acceptors (Lipinski definition) is 2. The van der Waals surface area contributed by atoms with Crippen molar-refractivity contribution >= 4 is 21.7 Å². The lowest BCUT2D eigenvalue weighted by molar-refractivity contribution is 0.103. The molecule has 2 nitrogen and oxygen atoms in total. The van der Waals surface area contributed by atoms with E-state index in [-0.39, 0.29) is 5.78 Å². The monoisotopic (exact) mass is 332 g/mol. The predicted octanol–water partition coefficient (Wildman–Crippen LogP) is 4.64. The van der Waals surface area contributed by atoms with Crippen molar-refractivity contribution in [2.45, 2.75) is 20.3 Å². The van der Waals surface area contributed by atoms with Gasteiger partial charge in [0.1, 0.15) is 5.75 Å². The fourth-order valence-corrected chi connectivity index (χ4v) is 2.52. The molecule has 0 saturated heterocycles. The van der Waals surface area contributed by atoms with Gasteiger partial charge >= 0.3 is 0 Å². The summed E-state index contributed by atoms with van der Waals surface area (Å²) in [6, 6.07) is 13.2. The molecule has 0 saturated carbocycles. The van der Waals surface area contributed by atoms with Crippen LogP contribution in [0.5, 0.6) is 5.75 Å². The van der Waals surface area contributed by atoms with Gasteiger partial charge in [0, 0.05) is 10.0 Å². The minimum atomic E-state index is 0.00667. The number of halogens is 1. The lowest BCUT2D eigenvalue weighted by atomic mass is 9.96. The average molecular weight is 333 g/mol. The van der Waals surface area contributed by atoms with E-state index in [9.17, 15) is 4.79 Å². The molecule has 0 atom stereocenters. The van der Waals surface area contributed by atoms with Gasteiger partial charge in [-0.2, -0.15) is 0 Å². The summed E-state index contributed by atoms with van der Waals surface area (Å²) in [5.74, 6) is 0.638. The molecular formula is C17H17BrO2. The molecule has 104 valence electrons. The number of ether oxygens (including phenoxy) is 1. The fraction of sp³-hybridized carbons (Fsp3) is 0.235. The number of rotatable bonds is 5. The van der Waals surface area contributed by atoms with E-state index < -0.39 is 0 Å². The topological polar surface area (TPSA) is 26.3 Å². The second-order valence-electron chi connectivity index (χ2n) is 4.41. The summed E-state index contributed by atoms with van der Waals surface area (Å²) in [4.78, 5) is 12.8. The van der Waals surface area contributed by atoms with Crippen LogP contribution in [-0.4, -0.2) is 12.4 Å². The predicted molar refractivity (Wildman–Crippen MR) is 84.6 cm³/mol. The van der Waals surface area contributed by atoms with Gasteiger partial charge in [0.2, 0.25) is 0 Å². The van der Waals surface area contributed by atoms with Gasteiger partial charge in [0.15, 0.2) is 5.78 Å². The smallest absolute Gasteiger partial charge is 0.197 e. The van der Waals surface area contributed by atoms with E-state index in [4.69, 9.17) is 4.74 Å². The molecular weight excluding hydrogens is 316 g/mol. The van der Waals surface area contributed by atoms with Crippen molar-refractivity contribution in [1.29, 1.82) is 0 Å². The number of aryl methyl sites for hydroxylation is 1. The Bertz CT molecular complexity index is 620. The Labute approximate surface area is 127 Å². The largest absolute Gasteiger partial charge is 0.493 e. The number of ketones is 1. The SMILES string of the molecule is CCOc1ccc(Br)cc1C(=O)c1ccccc1CC. The van der Waals surface area contributed by atoms with Gasteiger partial charge in [-0.05, 0) is 37.1 Å². The molecule has 0 unspecified atom stereocenters. The Balaban J connectivity index is 2.49. The van der Waals surface area contributed by atoms with E-state index in [1.807, 2.05) is 49.4 Å². The van der Waals surface area contributed by atoms with Gasteiger partial charge in [0.25, 0.3) is 0 Å². The molecule has 0 fully saturated rings. The third-order valence-corrected chi connectivity index (χ3v) is 3.62. The number of carbonyl (C=O) groups is 1. The first-order valence-corrected chi connectivity index (χ1v) is 7.51. The molecule has 2 rings (SSSR count). The van der Waals surface area contributed by atoms with Crippen LogP contribution < -0.4 is 4.74 Å². The maximum atomic E-state index is 12.8. The first-order valence-electron chi connectivity index (χ1n) is 6.72. The molecule has 0 aliphatic carbocycles. The molecule has 0 N–H and O–H groups in total. The Kier molecular flexibility index (Phi) is 4.96. The summed E-state index contributed by atoms with van der Waals surface area (Å²) in [6.45, 7) is 4.50. The molecule has 20 heavy (non-hydrogen) atoms. The molecule has 0 aromatic heterocycles. The maximum absolute atomic E-state index is 12.8. The van der Waals surface area contributed by atoms with Crippen LogP contribution in [0.2, 0.25) is 0 Å². The highest BCUT2D eigenvalue weighted by Crippen LogP contribution is 2.27. The van der Waals surface area contributed by atoms with E-state index >= 15 is 0 Å². The lowest BCUT2D eigenvalue weighted by Gasteiger charge is -2.12. The highest BCUT2D eigenvalue weighted by Gasteiger charge is 2.17. The minimum Gasteiger partial charge on any atom is -0.493 e. The summed E-state index contributed by atoms with van der Waals surface area (Å²) < 4.78 is 6.44. The van der Waals surface area contributed by atoms with Crippen LogP contribution in [0.25, 0.3) is 0 Å². The van der Waals surface area contributed by atoms with Crippen molar-refractivity contribution in [3.8, 4) is 5.75 Å². The van der Waals surface area contributed by atoms with Gasteiger partial charge in [-0.3, -0.25) is 4.79 Å². The highest BCUT2D eigenvalue weighted by atomic mass is 79.9. The summed E-state index contributed by atoms with van der Waals surface area (Å²) in [5.41, 5.74) is 2.40. The molecule has 0 aliphatic heterocycles. The molecule has 3 heteroatoms. The van der Waals surface area contributed by atoms with Gasteiger partial charge < -0.3 is 4.74 Å². The number of benzene rings is 2. The highest BCUT2D eigenvalue weighted by molar-refractivity contribution is 9.10. The molecule has 2 aromatic rings. The molecule has 0 aliphatic rings. The third kappa shape index (κ3) is 3.10. The fourth-order valence-electron chi connectivity index (χ4n) is 2.16. The lowest BCUT2D eigenvalue weighted by Crippen LogP contribution is -2.08. The van der Waals surface area contributed by atoms with Crippen LogP contribution in [0.3, 0.4) is 0 Å². The van der Waals surface area contributed by atoms with Crippen molar-refractivity contribution in [1.82, 2.24) is 0 Å². The summed E-state index contributed by atoms with van der Waals surface area (Å²) >= 11 is 3.42. The summed E-state index contributed by atoms with van der Waals surface area (Å²) in [7, 11) is 0. The van der Waals surface area contributed by atoms with E-state index in [2.05, 4.69) is 22.9 Å². The van der Waals surface area contributed by atoms with Crippen LogP contribution in [0.1, 0.15) is 35.3 Å². The minimum absolute atomic E-state index is 0.00667. The van der Waals surface area contributed by atoms with Crippen LogP contribution in [0, 0.1) is 0 Å². The van der Waals surface area contributed by atoms with Gasteiger partial charge in [-0.15, -0.1) is 0 Å². The zero-order valence-corrected chi connectivity index (χ0v) is 13.2. The second-order valence-corrected chi connectivity index (χ2v) is 5.33. The zero-order chi connectivity index (χ0) is 14.5. The van der Waals surface area contributed by atoms with Crippen LogP contribution in [0.15, 0.2) is 46.9 Å². The quantitative estimate of drug-likeness (QED) is 0.745. The third-order valence-electron chi connectivity index (χ3n) is 3.13. The van der Waals surface area contributed by atoms with Crippen LogP contribution in [0.4, 0.5) is 0 Å².